The second kappa shape index (κ2) is 7.61. The molecule has 2 unspecified atom stereocenters. The van der Waals surface area contributed by atoms with Crippen LogP contribution < -0.4 is 5.32 Å². The van der Waals surface area contributed by atoms with E-state index in [2.05, 4.69) is 12.2 Å². The van der Waals surface area contributed by atoms with Crippen LogP contribution in [0.3, 0.4) is 0 Å². The Balaban J connectivity index is 1.91. The Bertz CT molecular complexity index is 360. The SMILES string of the molecule is CCNCC(CCC1CCCO1)c1ccc(F)cc1. The van der Waals surface area contributed by atoms with E-state index in [-0.39, 0.29) is 5.82 Å². The van der Waals surface area contributed by atoms with E-state index in [1.807, 2.05) is 12.1 Å². The molecule has 2 nitrogen and oxygen atoms in total. The summed E-state index contributed by atoms with van der Waals surface area (Å²) in [5, 5.41) is 3.40. The first-order valence-corrected chi connectivity index (χ1v) is 7.37. The fraction of sp³-hybridized carbons (Fsp3) is 0.625. The molecular formula is C16H24FNO. The van der Waals surface area contributed by atoms with Gasteiger partial charge in [-0.05, 0) is 55.8 Å². The van der Waals surface area contributed by atoms with Crippen LogP contribution in [-0.2, 0) is 4.74 Å². The Morgan fingerprint density at radius 3 is 2.79 bits per heavy atom. The van der Waals surface area contributed by atoms with Crippen LogP contribution in [0.2, 0.25) is 0 Å². The van der Waals surface area contributed by atoms with Crippen molar-refractivity contribution in [1.29, 1.82) is 0 Å². The molecule has 1 N–H and O–H groups in total. The predicted octanol–water partition coefficient (Wildman–Crippen LogP) is 3.48. The summed E-state index contributed by atoms with van der Waals surface area (Å²) in [6, 6.07) is 6.93. The largest absolute Gasteiger partial charge is 0.378 e. The molecule has 3 heteroatoms. The van der Waals surface area contributed by atoms with Gasteiger partial charge in [0, 0.05) is 13.2 Å². The van der Waals surface area contributed by atoms with Gasteiger partial charge in [0.1, 0.15) is 5.82 Å². The molecule has 106 valence electrons. The minimum absolute atomic E-state index is 0.162. The number of hydrogen-bond acceptors (Lipinski definition) is 2. The quantitative estimate of drug-likeness (QED) is 0.815. The van der Waals surface area contributed by atoms with Crippen LogP contribution in [0.1, 0.15) is 44.1 Å². The zero-order chi connectivity index (χ0) is 13.5. The lowest BCUT2D eigenvalue weighted by molar-refractivity contribution is 0.101. The molecular weight excluding hydrogens is 241 g/mol. The summed E-state index contributed by atoms with van der Waals surface area (Å²) < 4.78 is 18.7. The van der Waals surface area contributed by atoms with Crippen molar-refractivity contribution in [2.45, 2.75) is 44.6 Å². The molecule has 1 aromatic carbocycles. The summed E-state index contributed by atoms with van der Waals surface area (Å²) in [5.74, 6) is 0.287. The van der Waals surface area contributed by atoms with E-state index >= 15 is 0 Å². The van der Waals surface area contributed by atoms with Gasteiger partial charge >= 0.3 is 0 Å². The van der Waals surface area contributed by atoms with Crippen LogP contribution in [0.25, 0.3) is 0 Å². The van der Waals surface area contributed by atoms with Crippen LogP contribution >= 0.6 is 0 Å². The smallest absolute Gasteiger partial charge is 0.123 e. The average Bonchev–Trinajstić information content (AvgIpc) is 2.93. The highest BCUT2D eigenvalue weighted by atomic mass is 19.1. The van der Waals surface area contributed by atoms with Gasteiger partial charge in [0.25, 0.3) is 0 Å². The first-order chi connectivity index (χ1) is 9.29. The zero-order valence-corrected chi connectivity index (χ0v) is 11.7. The van der Waals surface area contributed by atoms with Gasteiger partial charge in [-0.1, -0.05) is 19.1 Å². The molecule has 1 aromatic rings. The molecule has 2 atom stereocenters. The molecule has 1 fully saturated rings. The Morgan fingerprint density at radius 2 is 2.16 bits per heavy atom. The minimum atomic E-state index is -0.162. The Hall–Kier alpha value is -0.930. The molecule has 1 aliphatic rings. The number of benzene rings is 1. The summed E-state index contributed by atoms with van der Waals surface area (Å²) >= 11 is 0. The molecule has 0 amide bonds. The van der Waals surface area contributed by atoms with E-state index in [1.54, 1.807) is 12.1 Å². The predicted molar refractivity (Wildman–Crippen MR) is 75.9 cm³/mol. The number of ether oxygens (including phenoxy) is 1. The van der Waals surface area contributed by atoms with Crippen LogP contribution in [0.15, 0.2) is 24.3 Å². The van der Waals surface area contributed by atoms with Crippen LogP contribution in [0, 0.1) is 5.82 Å². The third kappa shape index (κ3) is 4.59. The number of likely N-dealkylation sites (N-methyl/N-ethyl adjacent to an activating group) is 1. The molecule has 1 aliphatic heterocycles. The maximum Gasteiger partial charge on any atom is 0.123 e. The molecule has 0 saturated carbocycles. The average molecular weight is 265 g/mol. The lowest BCUT2D eigenvalue weighted by atomic mass is 9.92. The molecule has 0 aliphatic carbocycles. The highest BCUT2D eigenvalue weighted by Crippen LogP contribution is 2.25. The standard InChI is InChI=1S/C16H24FNO/c1-2-18-12-14(7-10-16-4-3-11-19-16)13-5-8-15(17)9-6-13/h5-6,8-9,14,16,18H,2-4,7,10-12H2,1H3. The van der Waals surface area contributed by atoms with Crippen molar-refractivity contribution in [3.8, 4) is 0 Å². The third-order valence-corrected chi connectivity index (χ3v) is 3.84. The summed E-state index contributed by atoms with van der Waals surface area (Å²) in [7, 11) is 0. The molecule has 19 heavy (non-hydrogen) atoms. The first-order valence-electron chi connectivity index (χ1n) is 7.37. The Morgan fingerprint density at radius 1 is 1.37 bits per heavy atom. The summed E-state index contributed by atoms with van der Waals surface area (Å²) in [6.07, 6.45) is 5.03. The number of halogens is 1. The maximum atomic E-state index is 13.0. The molecule has 2 rings (SSSR count). The van der Waals surface area contributed by atoms with Crippen molar-refractivity contribution in [1.82, 2.24) is 5.32 Å². The van der Waals surface area contributed by atoms with Crippen molar-refractivity contribution >= 4 is 0 Å². The molecule has 1 heterocycles. The van der Waals surface area contributed by atoms with Crippen molar-refractivity contribution in [2.75, 3.05) is 19.7 Å². The van der Waals surface area contributed by atoms with Crippen LogP contribution in [0.5, 0.6) is 0 Å². The van der Waals surface area contributed by atoms with E-state index in [9.17, 15) is 4.39 Å². The molecule has 0 bridgehead atoms. The highest BCUT2D eigenvalue weighted by Gasteiger charge is 2.18. The fourth-order valence-electron chi connectivity index (χ4n) is 2.70. The van der Waals surface area contributed by atoms with E-state index in [4.69, 9.17) is 4.74 Å². The van der Waals surface area contributed by atoms with Crippen molar-refractivity contribution in [3.63, 3.8) is 0 Å². The van der Waals surface area contributed by atoms with Crippen molar-refractivity contribution < 1.29 is 9.13 Å². The van der Waals surface area contributed by atoms with Crippen LogP contribution in [-0.4, -0.2) is 25.8 Å². The van der Waals surface area contributed by atoms with Gasteiger partial charge in [-0.15, -0.1) is 0 Å². The molecule has 1 saturated heterocycles. The second-order valence-corrected chi connectivity index (χ2v) is 5.27. The van der Waals surface area contributed by atoms with Gasteiger partial charge in [-0.25, -0.2) is 4.39 Å². The highest BCUT2D eigenvalue weighted by molar-refractivity contribution is 5.20. The molecule has 0 radical (unpaired) electrons. The Labute approximate surface area is 115 Å². The van der Waals surface area contributed by atoms with E-state index in [0.717, 1.165) is 32.5 Å². The van der Waals surface area contributed by atoms with Crippen molar-refractivity contribution in [2.24, 2.45) is 0 Å². The summed E-state index contributed by atoms with van der Waals surface area (Å²) in [5.41, 5.74) is 1.22. The number of nitrogens with one attached hydrogen (secondary N) is 1. The number of rotatable bonds is 7. The summed E-state index contributed by atoms with van der Waals surface area (Å²) in [4.78, 5) is 0. The van der Waals surface area contributed by atoms with Gasteiger partial charge in [-0.3, -0.25) is 0 Å². The molecule has 0 spiro atoms. The summed E-state index contributed by atoms with van der Waals surface area (Å²) in [6.45, 7) is 4.95. The number of hydrogen-bond donors (Lipinski definition) is 1. The van der Waals surface area contributed by atoms with E-state index < -0.39 is 0 Å². The second-order valence-electron chi connectivity index (χ2n) is 5.27. The topological polar surface area (TPSA) is 21.3 Å². The molecule has 0 aromatic heterocycles. The van der Waals surface area contributed by atoms with Gasteiger partial charge in [0.2, 0.25) is 0 Å². The van der Waals surface area contributed by atoms with Crippen LogP contribution in [0.4, 0.5) is 4.39 Å². The minimum Gasteiger partial charge on any atom is -0.378 e. The lowest BCUT2D eigenvalue weighted by Gasteiger charge is -2.19. The lowest BCUT2D eigenvalue weighted by Crippen LogP contribution is -2.22. The first kappa shape index (κ1) is 14.5. The van der Waals surface area contributed by atoms with E-state index in [1.165, 1.54) is 18.4 Å². The fourth-order valence-corrected chi connectivity index (χ4v) is 2.70. The van der Waals surface area contributed by atoms with Crippen molar-refractivity contribution in [3.05, 3.63) is 35.6 Å². The third-order valence-electron chi connectivity index (χ3n) is 3.84. The van der Waals surface area contributed by atoms with Gasteiger partial charge in [0.05, 0.1) is 6.10 Å². The maximum absolute atomic E-state index is 13.0. The normalized spacial score (nSPS) is 20.6. The van der Waals surface area contributed by atoms with Gasteiger partial charge < -0.3 is 10.1 Å². The van der Waals surface area contributed by atoms with E-state index in [0.29, 0.717) is 12.0 Å². The van der Waals surface area contributed by atoms with Gasteiger partial charge in [0.15, 0.2) is 0 Å². The Kier molecular flexibility index (Phi) is 5.80. The monoisotopic (exact) mass is 265 g/mol. The zero-order valence-electron chi connectivity index (χ0n) is 11.7. The van der Waals surface area contributed by atoms with Gasteiger partial charge in [-0.2, -0.15) is 0 Å².